The van der Waals surface area contributed by atoms with Crippen molar-refractivity contribution in [1.29, 1.82) is 0 Å². The van der Waals surface area contributed by atoms with Crippen LogP contribution < -0.4 is 0 Å². The first-order valence-electron chi connectivity index (χ1n) is 7.99. The van der Waals surface area contributed by atoms with Crippen LogP contribution in [-0.2, 0) is 0 Å². The van der Waals surface area contributed by atoms with Crippen molar-refractivity contribution in [2.75, 3.05) is 13.1 Å². The molecule has 106 valence electrons. The van der Waals surface area contributed by atoms with E-state index in [1.165, 1.54) is 64.5 Å². The molecule has 0 aromatic carbocycles. The maximum Gasteiger partial charge on any atom is 0.0977 e. The van der Waals surface area contributed by atoms with E-state index >= 15 is 0 Å². The van der Waals surface area contributed by atoms with E-state index in [0.29, 0.717) is 6.17 Å². The smallest absolute Gasteiger partial charge is 0.0977 e. The van der Waals surface area contributed by atoms with Crippen LogP contribution in [0, 0.1) is 0 Å². The highest BCUT2D eigenvalue weighted by Gasteiger charge is 2.20. The minimum Gasteiger partial charge on any atom is -0.356 e. The fourth-order valence-corrected chi connectivity index (χ4v) is 2.58. The first-order chi connectivity index (χ1) is 8.79. The van der Waals surface area contributed by atoms with Crippen LogP contribution in [0.2, 0.25) is 0 Å². The molecular weight excluding hydrogens is 220 g/mol. The van der Waals surface area contributed by atoms with Crippen molar-refractivity contribution < 1.29 is 0 Å². The van der Waals surface area contributed by atoms with Gasteiger partial charge in [0.05, 0.1) is 6.17 Å². The molecule has 1 heterocycles. The first kappa shape index (κ1) is 15.4. The molecule has 1 aliphatic rings. The SMILES string of the molecule is CCCCCCCN1C=CN(CCCCC)C1C. The third-order valence-corrected chi connectivity index (χ3v) is 3.95. The summed E-state index contributed by atoms with van der Waals surface area (Å²) in [6.07, 6.45) is 16.0. The summed E-state index contributed by atoms with van der Waals surface area (Å²) in [6.45, 7) is 9.33. The molecule has 1 rings (SSSR count). The average molecular weight is 252 g/mol. The Kier molecular flexibility index (Phi) is 7.95. The molecule has 0 saturated heterocycles. The molecule has 2 heteroatoms. The van der Waals surface area contributed by atoms with Gasteiger partial charge < -0.3 is 9.80 Å². The molecule has 0 amide bonds. The summed E-state index contributed by atoms with van der Waals surface area (Å²) in [5.41, 5.74) is 0. The molecule has 0 spiro atoms. The van der Waals surface area contributed by atoms with Crippen molar-refractivity contribution in [1.82, 2.24) is 9.80 Å². The molecule has 0 bridgehead atoms. The van der Waals surface area contributed by atoms with Gasteiger partial charge in [0.25, 0.3) is 0 Å². The van der Waals surface area contributed by atoms with Crippen molar-refractivity contribution in [3.63, 3.8) is 0 Å². The molecule has 0 radical (unpaired) electrons. The van der Waals surface area contributed by atoms with Gasteiger partial charge in [0, 0.05) is 25.5 Å². The van der Waals surface area contributed by atoms with E-state index in [1.807, 2.05) is 0 Å². The van der Waals surface area contributed by atoms with E-state index in [4.69, 9.17) is 0 Å². The maximum atomic E-state index is 2.50. The zero-order valence-electron chi connectivity index (χ0n) is 12.7. The summed E-state index contributed by atoms with van der Waals surface area (Å²) >= 11 is 0. The van der Waals surface area contributed by atoms with E-state index in [9.17, 15) is 0 Å². The molecule has 0 fully saturated rings. The molecule has 0 saturated carbocycles. The summed E-state index contributed by atoms with van der Waals surface area (Å²) in [5, 5.41) is 0. The third-order valence-electron chi connectivity index (χ3n) is 3.95. The predicted molar refractivity (Wildman–Crippen MR) is 80.3 cm³/mol. The zero-order valence-corrected chi connectivity index (χ0v) is 12.7. The fraction of sp³-hybridized carbons (Fsp3) is 0.875. The minimum absolute atomic E-state index is 0.577. The van der Waals surface area contributed by atoms with Crippen LogP contribution in [0.15, 0.2) is 12.4 Å². The average Bonchev–Trinajstić information content (AvgIpc) is 2.71. The lowest BCUT2D eigenvalue weighted by Crippen LogP contribution is -2.36. The normalized spacial score (nSPS) is 18.9. The molecule has 0 aromatic rings. The zero-order chi connectivity index (χ0) is 13.2. The van der Waals surface area contributed by atoms with Crippen LogP contribution >= 0.6 is 0 Å². The van der Waals surface area contributed by atoms with Crippen molar-refractivity contribution in [2.24, 2.45) is 0 Å². The van der Waals surface area contributed by atoms with Crippen molar-refractivity contribution in [3.05, 3.63) is 12.4 Å². The van der Waals surface area contributed by atoms with Gasteiger partial charge in [-0.15, -0.1) is 0 Å². The van der Waals surface area contributed by atoms with Gasteiger partial charge in [0.1, 0.15) is 0 Å². The van der Waals surface area contributed by atoms with E-state index < -0.39 is 0 Å². The van der Waals surface area contributed by atoms with Gasteiger partial charge in [0.2, 0.25) is 0 Å². The molecule has 0 N–H and O–H groups in total. The summed E-state index contributed by atoms with van der Waals surface area (Å²) in [6, 6.07) is 0. The summed E-state index contributed by atoms with van der Waals surface area (Å²) in [4.78, 5) is 4.99. The van der Waals surface area contributed by atoms with E-state index in [1.54, 1.807) is 0 Å². The Bertz CT molecular complexity index is 225. The second-order valence-corrected chi connectivity index (χ2v) is 5.53. The molecule has 1 atom stereocenters. The highest BCUT2D eigenvalue weighted by atomic mass is 15.4. The van der Waals surface area contributed by atoms with E-state index in [2.05, 4.69) is 43.0 Å². The van der Waals surface area contributed by atoms with Gasteiger partial charge >= 0.3 is 0 Å². The van der Waals surface area contributed by atoms with Gasteiger partial charge in [-0.25, -0.2) is 0 Å². The van der Waals surface area contributed by atoms with Crippen LogP contribution in [0.4, 0.5) is 0 Å². The number of hydrogen-bond acceptors (Lipinski definition) is 2. The molecule has 1 unspecified atom stereocenters. The van der Waals surface area contributed by atoms with Crippen LogP contribution in [0.5, 0.6) is 0 Å². The number of unbranched alkanes of at least 4 members (excludes halogenated alkanes) is 6. The largest absolute Gasteiger partial charge is 0.356 e. The van der Waals surface area contributed by atoms with Gasteiger partial charge in [0.15, 0.2) is 0 Å². The fourth-order valence-electron chi connectivity index (χ4n) is 2.58. The number of nitrogens with zero attached hydrogens (tertiary/aromatic N) is 2. The van der Waals surface area contributed by atoms with E-state index in [0.717, 1.165) is 0 Å². The summed E-state index contributed by atoms with van der Waals surface area (Å²) in [7, 11) is 0. The van der Waals surface area contributed by atoms with Crippen molar-refractivity contribution in [3.8, 4) is 0 Å². The summed E-state index contributed by atoms with van der Waals surface area (Å²) < 4.78 is 0. The summed E-state index contributed by atoms with van der Waals surface area (Å²) in [5.74, 6) is 0. The molecular formula is C16H32N2. The Morgan fingerprint density at radius 1 is 0.722 bits per heavy atom. The van der Waals surface area contributed by atoms with Crippen LogP contribution in [0.25, 0.3) is 0 Å². The lowest BCUT2D eigenvalue weighted by atomic mass is 10.1. The molecule has 1 aliphatic heterocycles. The van der Waals surface area contributed by atoms with Gasteiger partial charge in [-0.2, -0.15) is 0 Å². The Balaban J connectivity index is 2.11. The maximum absolute atomic E-state index is 2.50. The quantitative estimate of drug-likeness (QED) is 0.525. The van der Waals surface area contributed by atoms with Crippen molar-refractivity contribution >= 4 is 0 Å². The minimum atomic E-state index is 0.577. The van der Waals surface area contributed by atoms with Gasteiger partial charge in [-0.3, -0.25) is 0 Å². The van der Waals surface area contributed by atoms with Crippen LogP contribution in [0.1, 0.15) is 72.1 Å². The highest BCUT2D eigenvalue weighted by Crippen LogP contribution is 2.17. The molecule has 2 nitrogen and oxygen atoms in total. The Hall–Kier alpha value is -0.660. The Morgan fingerprint density at radius 3 is 1.72 bits per heavy atom. The number of hydrogen-bond donors (Lipinski definition) is 0. The second-order valence-electron chi connectivity index (χ2n) is 5.53. The Morgan fingerprint density at radius 2 is 1.17 bits per heavy atom. The van der Waals surface area contributed by atoms with Crippen molar-refractivity contribution in [2.45, 2.75) is 78.3 Å². The standard InChI is InChI=1S/C16H32N2/c1-4-6-8-9-11-13-18-15-14-17(16(18)3)12-10-7-5-2/h14-16H,4-13H2,1-3H3. The predicted octanol–water partition coefficient (Wildman–Crippen LogP) is 4.58. The molecule has 0 aliphatic carbocycles. The monoisotopic (exact) mass is 252 g/mol. The van der Waals surface area contributed by atoms with Crippen LogP contribution in [0.3, 0.4) is 0 Å². The number of rotatable bonds is 10. The highest BCUT2D eigenvalue weighted by molar-refractivity contribution is 4.95. The van der Waals surface area contributed by atoms with Gasteiger partial charge in [-0.05, 0) is 19.8 Å². The van der Waals surface area contributed by atoms with Crippen LogP contribution in [-0.4, -0.2) is 29.1 Å². The van der Waals surface area contributed by atoms with Gasteiger partial charge in [-0.1, -0.05) is 52.4 Å². The topological polar surface area (TPSA) is 6.48 Å². The third kappa shape index (κ3) is 5.32. The second kappa shape index (κ2) is 9.29. The lowest BCUT2D eigenvalue weighted by molar-refractivity contribution is 0.165. The molecule has 18 heavy (non-hydrogen) atoms. The van der Waals surface area contributed by atoms with E-state index in [-0.39, 0.29) is 0 Å². The lowest BCUT2D eigenvalue weighted by Gasteiger charge is -2.29. The first-order valence-corrected chi connectivity index (χ1v) is 7.99. The molecule has 0 aromatic heterocycles. The Labute approximate surface area is 114 Å².